The summed E-state index contributed by atoms with van der Waals surface area (Å²) in [5, 5.41) is 1.15. The molecule has 3 rings (SSSR count). The third-order valence-electron chi connectivity index (χ3n) is 3.82. The summed E-state index contributed by atoms with van der Waals surface area (Å²) in [5.41, 5.74) is 3.31. The van der Waals surface area contributed by atoms with Gasteiger partial charge in [-0.3, -0.25) is 0 Å². The number of hydrogen-bond acceptors (Lipinski definition) is 2. The summed E-state index contributed by atoms with van der Waals surface area (Å²) in [5.74, 6) is 0. The van der Waals surface area contributed by atoms with Gasteiger partial charge in [-0.05, 0) is 49.2 Å². The van der Waals surface area contributed by atoms with Crippen molar-refractivity contribution < 1.29 is 8.42 Å². The van der Waals surface area contributed by atoms with Gasteiger partial charge in [0.05, 0.1) is 4.90 Å². The van der Waals surface area contributed by atoms with Gasteiger partial charge in [-0.25, -0.2) is 13.1 Å². The first kappa shape index (κ1) is 16.2. The lowest BCUT2D eigenvalue weighted by Crippen LogP contribution is -2.26. The molecule has 2 aromatic carbocycles. The molecule has 120 valence electrons. The van der Waals surface area contributed by atoms with E-state index in [9.17, 15) is 8.42 Å². The van der Waals surface area contributed by atoms with E-state index in [2.05, 4.69) is 31.7 Å². The Kier molecular flexibility index (Phi) is 4.57. The average molecular weight is 393 g/mol. The molecule has 4 nitrogen and oxygen atoms in total. The SMILES string of the molecule is Cc1[nH]c2ccccc2c1CCNS(=O)(=O)c1ccc(Br)cc1. The Morgan fingerprint density at radius 2 is 1.78 bits per heavy atom. The maximum atomic E-state index is 12.3. The minimum absolute atomic E-state index is 0.274. The average Bonchev–Trinajstić information content (AvgIpc) is 2.84. The van der Waals surface area contributed by atoms with Crippen molar-refractivity contribution in [1.82, 2.24) is 9.71 Å². The summed E-state index contributed by atoms with van der Waals surface area (Å²) in [4.78, 5) is 3.60. The molecular formula is C17H17BrN2O2S. The van der Waals surface area contributed by atoms with E-state index in [4.69, 9.17) is 0 Å². The highest BCUT2D eigenvalue weighted by atomic mass is 79.9. The summed E-state index contributed by atoms with van der Waals surface area (Å²) in [6, 6.07) is 14.7. The van der Waals surface area contributed by atoms with Crippen molar-refractivity contribution in [3.63, 3.8) is 0 Å². The summed E-state index contributed by atoms with van der Waals surface area (Å²) in [6.45, 7) is 2.37. The fraction of sp³-hybridized carbons (Fsp3) is 0.176. The molecule has 0 atom stereocenters. The zero-order chi connectivity index (χ0) is 16.4. The zero-order valence-corrected chi connectivity index (χ0v) is 15.0. The molecule has 0 amide bonds. The monoisotopic (exact) mass is 392 g/mol. The maximum Gasteiger partial charge on any atom is 0.240 e. The molecular weight excluding hydrogens is 376 g/mol. The lowest BCUT2D eigenvalue weighted by atomic mass is 10.1. The number of para-hydroxylation sites is 1. The van der Waals surface area contributed by atoms with E-state index in [1.54, 1.807) is 24.3 Å². The number of nitrogens with one attached hydrogen (secondary N) is 2. The number of aromatic nitrogens is 1. The van der Waals surface area contributed by atoms with Crippen molar-refractivity contribution in [3.05, 3.63) is 64.3 Å². The van der Waals surface area contributed by atoms with Gasteiger partial charge in [-0.2, -0.15) is 0 Å². The number of hydrogen-bond donors (Lipinski definition) is 2. The van der Waals surface area contributed by atoms with Gasteiger partial charge in [0.2, 0.25) is 10.0 Å². The Hall–Kier alpha value is -1.63. The third kappa shape index (κ3) is 3.49. The molecule has 0 unspecified atom stereocenters. The molecule has 0 aliphatic carbocycles. The molecule has 0 saturated heterocycles. The Balaban J connectivity index is 1.73. The smallest absolute Gasteiger partial charge is 0.240 e. The van der Waals surface area contributed by atoms with Crippen molar-refractivity contribution in [1.29, 1.82) is 0 Å². The number of aromatic amines is 1. The van der Waals surface area contributed by atoms with E-state index in [1.807, 2.05) is 25.1 Å². The first-order chi connectivity index (χ1) is 11.0. The molecule has 0 aliphatic heterocycles. The van der Waals surface area contributed by atoms with Gasteiger partial charge >= 0.3 is 0 Å². The maximum absolute atomic E-state index is 12.3. The van der Waals surface area contributed by atoms with E-state index < -0.39 is 10.0 Å². The molecule has 0 radical (unpaired) electrons. The van der Waals surface area contributed by atoms with Gasteiger partial charge in [-0.15, -0.1) is 0 Å². The number of rotatable bonds is 5. The molecule has 0 saturated carbocycles. The van der Waals surface area contributed by atoms with Crippen LogP contribution in [0.1, 0.15) is 11.3 Å². The summed E-state index contributed by atoms with van der Waals surface area (Å²) >= 11 is 3.30. The van der Waals surface area contributed by atoms with Crippen molar-refractivity contribution in [2.75, 3.05) is 6.54 Å². The summed E-state index contributed by atoms with van der Waals surface area (Å²) < 4.78 is 28.1. The Morgan fingerprint density at radius 1 is 1.09 bits per heavy atom. The van der Waals surface area contributed by atoms with E-state index >= 15 is 0 Å². The van der Waals surface area contributed by atoms with Crippen LogP contribution in [-0.2, 0) is 16.4 Å². The number of fused-ring (bicyclic) bond motifs is 1. The molecule has 6 heteroatoms. The van der Waals surface area contributed by atoms with Crippen molar-refractivity contribution in [2.24, 2.45) is 0 Å². The summed E-state index contributed by atoms with van der Waals surface area (Å²) in [7, 11) is -3.48. The van der Waals surface area contributed by atoms with Crippen LogP contribution in [0, 0.1) is 6.92 Å². The second-order valence-electron chi connectivity index (χ2n) is 5.38. The minimum Gasteiger partial charge on any atom is -0.358 e. The number of halogens is 1. The quantitative estimate of drug-likeness (QED) is 0.694. The van der Waals surface area contributed by atoms with E-state index in [-0.39, 0.29) is 4.90 Å². The van der Waals surface area contributed by atoms with Gasteiger partial charge in [0.1, 0.15) is 0 Å². The minimum atomic E-state index is -3.48. The predicted molar refractivity (Wildman–Crippen MR) is 96.1 cm³/mol. The van der Waals surface area contributed by atoms with Crippen LogP contribution in [0.5, 0.6) is 0 Å². The largest absolute Gasteiger partial charge is 0.358 e. The molecule has 0 spiro atoms. The van der Waals surface area contributed by atoms with Crippen LogP contribution in [0.15, 0.2) is 57.9 Å². The number of benzene rings is 2. The molecule has 3 aromatic rings. The lowest BCUT2D eigenvalue weighted by molar-refractivity contribution is 0.581. The van der Waals surface area contributed by atoms with Crippen LogP contribution >= 0.6 is 15.9 Å². The Morgan fingerprint density at radius 3 is 2.52 bits per heavy atom. The molecule has 1 heterocycles. The van der Waals surface area contributed by atoms with E-state index in [1.165, 1.54) is 0 Å². The van der Waals surface area contributed by atoms with Gasteiger partial charge in [-0.1, -0.05) is 34.1 Å². The Bertz CT molecular complexity index is 931. The van der Waals surface area contributed by atoms with Crippen molar-refractivity contribution in [2.45, 2.75) is 18.2 Å². The molecule has 1 aromatic heterocycles. The lowest BCUT2D eigenvalue weighted by Gasteiger charge is -2.07. The molecule has 0 bridgehead atoms. The predicted octanol–water partition coefficient (Wildman–Crippen LogP) is 3.76. The van der Waals surface area contributed by atoms with E-state index in [0.29, 0.717) is 13.0 Å². The highest BCUT2D eigenvalue weighted by molar-refractivity contribution is 9.10. The van der Waals surface area contributed by atoms with Gasteiger partial charge in [0, 0.05) is 27.6 Å². The fourth-order valence-electron chi connectivity index (χ4n) is 2.66. The van der Waals surface area contributed by atoms with Crippen LogP contribution in [0.25, 0.3) is 10.9 Å². The van der Waals surface area contributed by atoms with E-state index in [0.717, 1.165) is 26.6 Å². The standard InChI is InChI=1S/C17H17BrN2O2S/c1-12-15(16-4-2-3-5-17(16)20-12)10-11-19-23(21,22)14-8-6-13(18)7-9-14/h2-9,19-20H,10-11H2,1H3. The molecule has 0 fully saturated rings. The van der Waals surface area contributed by atoms with Crippen LogP contribution in [0.4, 0.5) is 0 Å². The van der Waals surface area contributed by atoms with Crippen LogP contribution < -0.4 is 4.72 Å². The van der Waals surface area contributed by atoms with Gasteiger partial charge in [0.25, 0.3) is 0 Å². The third-order valence-corrected chi connectivity index (χ3v) is 5.82. The zero-order valence-electron chi connectivity index (χ0n) is 12.6. The molecule has 0 aliphatic rings. The molecule has 2 N–H and O–H groups in total. The highest BCUT2D eigenvalue weighted by Crippen LogP contribution is 2.22. The second-order valence-corrected chi connectivity index (χ2v) is 8.06. The number of H-pyrrole nitrogens is 1. The summed E-state index contributed by atoms with van der Waals surface area (Å²) in [6.07, 6.45) is 0.644. The first-order valence-corrected chi connectivity index (χ1v) is 9.56. The Labute approximate surface area is 144 Å². The molecule has 23 heavy (non-hydrogen) atoms. The van der Waals surface area contributed by atoms with Gasteiger partial charge < -0.3 is 4.98 Å². The number of sulfonamides is 1. The van der Waals surface area contributed by atoms with Gasteiger partial charge in [0.15, 0.2) is 0 Å². The normalized spacial score (nSPS) is 11.9. The van der Waals surface area contributed by atoms with Crippen LogP contribution in [0.2, 0.25) is 0 Å². The van der Waals surface area contributed by atoms with Crippen molar-refractivity contribution >= 4 is 36.9 Å². The van der Waals surface area contributed by atoms with Crippen molar-refractivity contribution in [3.8, 4) is 0 Å². The fourth-order valence-corrected chi connectivity index (χ4v) is 3.96. The topological polar surface area (TPSA) is 62.0 Å². The number of aryl methyl sites for hydroxylation is 1. The van der Waals surface area contributed by atoms with Crippen LogP contribution in [-0.4, -0.2) is 19.9 Å². The second kappa shape index (κ2) is 6.47. The highest BCUT2D eigenvalue weighted by Gasteiger charge is 2.14. The first-order valence-electron chi connectivity index (χ1n) is 7.29. The van der Waals surface area contributed by atoms with Crippen LogP contribution in [0.3, 0.4) is 0 Å².